The van der Waals surface area contributed by atoms with Gasteiger partial charge in [-0.2, -0.15) is 0 Å². The van der Waals surface area contributed by atoms with Gasteiger partial charge in [0.05, 0.1) is 12.6 Å². The topological polar surface area (TPSA) is 110 Å². The lowest BCUT2D eigenvalue weighted by Crippen LogP contribution is -2.18. The zero-order chi connectivity index (χ0) is 15.9. The largest absolute Gasteiger partial charge is 0.451 e. The summed E-state index contributed by atoms with van der Waals surface area (Å²) in [5.41, 5.74) is 6.56. The van der Waals surface area contributed by atoms with E-state index in [-0.39, 0.29) is 30.8 Å². The third-order valence-electron chi connectivity index (χ3n) is 3.40. The fraction of sp³-hybridized carbons (Fsp3) is 0.462. The highest BCUT2D eigenvalue weighted by Crippen LogP contribution is 2.16. The summed E-state index contributed by atoms with van der Waals surface area (Å²) in [6, 6.07) is 6.06. The fourth-order valence-electron chi connectivity index (χ4n) is 2.20. The molecule has 1 unspecified atom stereocenters. The van der Waals surface area contributed by atoms with Crippen LogP contribution in [0, 0.1) is 5.82 Å². The molecule has 0 spiro atoms. The predicted molar refractivity (Wildman–Crippen MR) is 86.3 cm³/mol. The van der Waals surface area contributed by atoms with Gasteiger partial charge in [0.25, 0.3) is 0 Å². The second kappa shape index (κ2) is 9.56. The molecule has 2 rings (SSSR count). The van der Waals surface area contributed by atoms with Gasteiger partial charge in [-0.3, -0.25) is 0 Å². The minimum Gasteiger partial charge on any atom is -0.427 e. The summed E-state index contributed by atoms with van der Waals surface area (Å²) in [6.45, 7) is 0.220. The van der Waals surface area contributed by atoms with Crippen LogP contribution in [0.4, 0.5) is 4.39 Å². The third kappa shape index (κ3) is 5.87. The van der Waals surface area contributed by atoms with Crippen molar-refractivity contribution in [1.82, 2.24) is 20.2 Å². The Hall–Kier alpha value is -1.55. The second-order valence-electron chi connectivity index (χ2n) is 5.16. The van der Waals surface area contributed by atoms with Gasteiger partial charge in [-0.1, -0.05) is 31.0 Å². The molecule has 1 aromatic heterocycles. The summed E-state index contributed by atoms with van der Waals surface area (Å²) >= 11 is 0. The van der Waals surface area contributed by atoms with E-state index in [2.05, 4.69) is 15.5 Å². The zero-order valence-electron chi connectivity index (χ0n) is 12.5. The SMILES string of the molecule is Cl.NC(CCCCB(O)O)c1nnnn1Cc1ccccc1F. The molecular formula is C13H20BClFN5O2. The molecule has 0 fully saturated rings. The Bertz CT molecular complexity index is 601. The first-order valence-corrected chi connectivity index (χ1v) is 7.19. The normalized spacial score (nSPS) is 11.8. The maximum Gasteiger partial charge on any atom is 0.451 e. The minimum atomic E-state index is -1.29. The standard InChI is InChI=1S/C13H19BFN5O2.ClH/c15-11-6-2-1-5-10(11)9-20-13(17-18-19-20)12(16)7-3-4-8-14(21)22;/h1-2,5-6,12,21-22H,3-4,7-9,16H2;1H. The molecule has 2 aromatic rings. The highest BCUT2D eigenvalue weighted by Gasteiger charge is 2.16. The van der Waals surface area contributed by atoms with Crippen LogP contribution in [0.3, 0.4) is 0 Å². The van der Waals surface area contributed by atoms with Crippen LogP contribution < -0.4 is 5.73 Å². The van der Waals surface area contributed by atoms with Crippen LogP contribution in [-0.4, -0.2) is 37.4 Å². The van der Waals surface area contributed by atoms with Crippen LogP contribution in [0.1, 0.15) is 36.7 Å². The van der Waals surface area contributed by atoms with E-state index in [1.807, 2.05) is 0 Å². The first-order valence-electron chi connectivity index (χ1n) is 7.19. The van der Waals surface area contributed by atoms with E-state index in [1.165, 1.54) is 10.7 Å². The molecule has 0 saturated heterocycles. The molecular weight excluding hydrogens is 323 g/mol. The average Bonchev–Trinajstić information content (AvgIpc) is 2.94. The van der Waals surface area contributed by atoms with E-state index in [9.17, 15) is 4.39 Å². The molecule has 1 aromatic carbocycles. The third-order valence-corrected chi connectivity index (χ3v) is 3.40. The average molecular weight is 344 g/mol. The molecule has 1 heterocycles. The summed E-state index contributed by atoms with van der Waals surface area (Å²) in [6.07, 6.45) is 2.31. The molecule has 4 N–H and O–H groups in total. The lowest BCUT2D eigenvalue weighted by atomic mass is 9.83. The van der Waals surface area contributed by atoms with E-state index in [4.69, 9.17) is 15.8 Å². The van der Waals surface area contributed by atoms with Gasteiger partial charge in [-0.05, 0) is 29.2 Å². The van der Waals surface area contributed by atoms with Gasteiger partial charge in [0, 0.05) is 5.56 Å². The summed E-state index contributed by atoms with van der Waals surface area (Å²) < 4.78 is 15.2. The molecule has 126 valence electrons. The highest BCUT2D eigenvalue weighted by atomic mass is 35.5. The van der Waals surface area contributed by atoms with Gasteiger partial charge >= 0.3 is 7.12 Å². The first-order chi connectivity index (χ1) is 10.6. The molecule has 0 aliphatic rings. The minimum absolute atomic E-state index is 0. The summed E-state index contributed by atoms with van der Waals surface area (Å²) in [5, 5.41) is 29.0. The van der Waals surface area contributed by atoms with Gasteiger partial charge < -0.3 is 15.8 Å². The number of nitrogens with two attached hydrogens (primary N) is 1. The lowest BCUT2D eigenvalue weighted by molar-refractivity contribution is 0.400. The molecule has 23 heavy (non-hydrogen) atoms. The Labute approximate surface area is 140 Å². The highest BCUT2D eigenvalue weighted by molar-refractivity contribution is 6.40. The fourth-order valence-corrected chi connectivity index (χ4v) is 2.20. The molecule has 1 atom stereocenters. The maximum atomic E-state index is 13.7. The van der Waals surface area contributed by atoms with Crippen molar-refractivity contribution in [1.29, 1.82) is 0 Å². The number of hydrogen-bond donors (Lipinski definition) is 3. The van der Waals surface area contributed by atoms with Crippen molar-refractivity contribution in [3.8, 4) is 0 Å². The molecule has 7 nitrogen and oxygen atoms in total. The second-order valence-corrected chi connectivity index (χ2v) is 5.16. The molecule has 0 aliphatic carbocycles. The summed E-state index contributed by atoms with van der Waals surface area (Å²) in [4.78, 5) is 0. The molecule has 10 heteroatoms. The van der Waals surface area contributed by atoms with Gasteiger partial charge in [-0.25, -0.2) is 9.07 Å². The Kier molecular flexibility index (Phi) is 8.11. The monoisotopic (exact) mass is 343 g/mol. The van der Waals surface area contributed by atoms with Crippen molar-refractivity contribution in [3.63, 3.8) is 0 Å². The Morgan fingerprint density at radius 1 is 1.26 bits per heavy atom. The zero-order valence-corrected chi connectivity index (χ0v) is 13.4. The number of halogens is 2. The van der Waals surface area contributed by atoms with Crippen molar-refractivity contribution < 1.29 is 14.4 Å². The lowest BCUT2D eigenvalue weighted by Gasteiger charge is -2.12. The maximum absolute atomic E-state index is 13.7. The van der Waals surface area contributed by atoms with Crippen LogP contribution in [0.15, 0.2) is 24.3 Å². The van der Waals surface area contributed by atoms with E-state index >= 15 is 0 Å². The van der Waals surface area contributed by atoms with Gasteiger partial charge in [0.2, 0.25) is 0 Å². The molecule has 0 radical (unpaired) electrons. The van der Waals surface area contributed by atoms with Gasteiger partial charge in [-0.15, -0.1) is 17.5 Å². The van der Waals surface area contributed by atoms with Crippen LogP contribution in [-0.2, 0) is 6.54 Å². The number of aromatic nitrogens is 4. The molecule has 0 saturated carbocycles. The number of hydrogen-bond acceptors (Lipinski definition) is 6. The van der Waals surface area contributed by atoms with Crippen LogP contribution >= 0.6 is 12.4 Å². The number of nitrogens with zero attached hydrogens (tertiary/aromatic N) is 4. The molecule has 0 aliphatic heterocycles. The van der Waals surface area contributed by atoms with Crippen molar-refractivity contribution in [3.05, 3.63) is 41.5 Å². The predicted octanol–water partition coefficient (Wildman–Crippen LogP) is 0.925. The smallest absolute Gasteiger partial charge is 0.427 e. The first kappa shape index (κ1) is 19.5. The number of benzene rings is 1. The van der Waals surface area contributed by atoms with E-state index < -0.39 is 7.12 Å². The number of tetrazole rings is 1. The van der Waals surface area contributed by atoms with E-state index in [0.717, 1.165) is 6.42 Å². The van der Waals surface area contributed by atoms with Crippen molar-refractivity contribution in [2.75, 3.05) is 0 Å². The van der Waals surface area contributed by atoms with Gasteiger partial charge in [0.1, 0.15) is 5.82 Å². The van der Waals surface area contributed by atoms with Crippen molar-refractivity contribution in [2.24, 2.45) is 5.73 Å². The van der Waals surface area contributed by atoms with E-state index in [1.54, 1.807) is 18.2 Å². The quantitative estimate of drug-likeness (QED) is 0.486. The number of rotatable bonds is 8. The van der Waals surface area contributed by atoms with Crippen LogP contribution in [0.5, 0.6) is 0 Å². The number of unbranched alkanes of at least 4 members (excludes halogenated alkanes) is 1. The Balaban J connectivity index is 0.00000264. The van der Waals surface area contributed by atoms with Crippen LogP contribution in [0.2, 0.25) is 6.32 Å². The van der Waals surface area contributed by atoms with Crippen molar-refractivity contribution in [2.45, 2.75) is 38.2 Å². The van der Waals surface area contributed by atoms with Crippen molar-refractivity contribution >= 4 is 19.5 Å². The summed E-state index contributed by atoms with van der Waals surface area (Å²) in [7, 11) is -1.29. The Morgan fingerprint density at radius 3 is 2.70 bits per heavy atom. The summed E-state index contributed by atoms with van der Waals surface area (Å²) in [5.74, 6) is 0.183. The molecule has 0 bridgehead atoms. The Morgan fingerprint density at radius 2 is 2.00 bits per heavy atom. The van der Waals surface area contributed by atoms with Gasteiger partial charge in [0.15, 0.2) is 5.82 Å². The van der Waals surface area contributed by atoms with Crippen LogP contribution in [0.25, 0.3) is 0 Å². The molecule has 0 amide bonds. The van der Waals surface area contributed by atoms with E-state index in [0.29, 0.717) is 30.5 Å².